The number of aromatic nitrogens is 2. The standard InChI is InChI=1S/C21H28N6O3S/c1-23-15-8-9-27-20(30-12-15)18(11-24-27)31(22,29)26-21(28)25-19-16-6-2-4-13(16)10-14-5-3-7-17(14)19/h10-11,15,23H,2-9,12H2,1H3,(H3,22,25,26,28,29). The van der Waals surface area contributed by atoms with Crippen LogP contribution in [-0.4, -0.2) is 39.7 Å². The van der Waals surface area contributed by atoms with Gasteiger partial charge in [0.1, 0.15) is 11.5 Å². The summed E-state index contributed by atoms with van der Waals surface area (Å²) >= 11 is 0. The van der Waals surface area contributed by atoms with Gasteiger partial charge in [0.2, 0.25) is 5.88 Å². The summed E-state index contributed by atoms with van der Waals surface area (Å²) in [7, 11) is -1.65. The van der Waals surface area contributed by atoms with Crippen LogP contribution in [0.3, 0.4) is 0 Å². The molecule has 5 rings (SSSR count). The quantitative estimate of drug-likeness (QED) is 0.669. The van der Waals surface area contributed by atoms with E-state index in [1.54, 1.807) is 4.68 Å². The van der Waals surface area contributed by atoms with Crippen molar-refractivity contribution in [3.05, 3.63) is 34.5 Å². The van der Waals surface area contributed by atoms with Crippen molar-refractivity contribution < 1.29 is 13.7 Å². The Hall–Kier alpha value is -2.43. The number of rotatable bonds is 3. The van der Waals surface area contributed by atoms with E-state index in [0.717, 1.165) is 50.6 Å². The number of anilines is 1. The van der Waals surface area contributed by atoms with E-state index >= 15 is 0 Å². The minimum Gasteiger partial charge on any atom is -0.475 e. The molecule has 0 saturated heterocycles. The van der Waals surface area contributed by atoms with E-state index < -0.39 is 15.9 Å². The van der Waals surface area contributed by atoms with Crippen molar-refractivity contribution in [1.82, 2.24) is 15.1 Å². The minimum atomic E-state index is -3.51. The first-order chi connectivity index (χ1) is 15.0. The van der Waals surface area contributed by atoms with Gasteiger partial charge >= 0.3 is 6.03 Å². The number of carbonyl (C=O) groups excluding carboxylic acids is 1. The second-order valence-electron chi connectivity index (χ2n) is 8.45. The highest BCUT2D eigenvalue weighted by Crippen LogP contribution is 2.38. The summed E-state index contributed by atoms with van der Waals surface area (Å²) in [4.78, 5) is 13.0. The maximum absolute atomic E-state index is 13.3. The van der Waals surface area contributed by atoms with Crippen molar-refractivity contribution in [2.45, 2.75) is 62.4 Å². The lowest BCUT2D eigenvalue weighted by atomic mass is 9.99. The van der Waals surface area contributed by atoms with E-state index in [9.17, 15) is 9.00 Å². The number of ether oxygens (including phenoxy) is 1. The maximum atomic E-state index is 13.3. The Balaban J connectivity index is 1.44. The lowest BCUT2D eigenvalue weighted by molar-refractivity contribution is 0.259. The Kier molecular flexibility index (Phi) is 5.23. The number of fused-ring (bicyclic) bond motifs is 3. The van der Waals surface area contributed by atoms with Gasteiger partial charge in [-0.15, -0.1) is 4.36 Å². The lowest BCUT2D eigenvalue weighted by Gasteiger charge is -2.15. The molecule has 0 saturated carbocycles. The molecule has 2 heterocycles. The summed E-state index contributed by atoms with van der Waals surface area (Å²) in [6.07, 6.45) is 8.32. The molecule has 0 radical (unpaired) electrons. The molecular formula is C21H28N6O3S. The molecule has 31 heavy (non-hydrogen) atoms. The Morgan fingerprint density at radius 3 is 2.65 bits per heavy atom. The van der Waals surface area contributed by atoms with Crippen LogP contribution in [0.15, 0.2) is 21.5 Å². The Bertz CT molecular complexity index is 1130. The Morgan fingerprint density at radius 2 is 1.97 bits per heavy atom. The van der Waals surface area contributed by atoms with E-state index in [2.05, 4.69) is 26.2 Å². The molecule has 0 spiro atoms. The van der Waals surface area contributed by atoms with Gasteiger partial charge < -0.3 is 15.4 Å². The van der Waals surface area contributed by atoms with Gasteiger partial charge in [-0.3, -0.25) is 0 Å². The van der Waals surface area contributed by atoms with E-state index in [1.165, 1.54) is 28.5 Å². The number of hydrogen-bond acceptors (Lipinski definition) is 5. The Morgan fingerprint density at radius 1 is 1.26 bits per heavy atom. The first-order valence-corrected chi connectivity index (χ1v) is 12.4. The number of nitrogens with one attached hydrogen (secondary N) is 2. The molecule has 2 amide bonds. The van der Waals surface area contributed by atoms with Gasteiger partial charge in [-0.05, 0) is 74.2 Å². The maximum Gasteiger partial charge on any atom is 0.354 e. The second kappa shape index (κ2) is 7.92. The van der Waals surface area contributed by atoms with Crippen molar-refractivity contribution in [2.75, 3.05) is 19.0 Å². The number of carbonyl (C=O) groups is 1. The highest BCUT2D eigenvalue weighted by Gasteiger charge is 2.27. The third kappa shape index (κ3) is 3.72. The normalized spacial score (nSPS) is 21.3. The average Bonchev–Trinajstić information content (AvgIpc) is 3.45. The molecule has 0 fully saturated rings. The predicted octanol–water partition coefficient (Wildman–Crippen LogP) is 2.16. The number of amides is 2. The molecule has 2 atom stereocenters. The number of urea groups is 1. The van der Waals surface area contributed by atoms with Crippen molar-refractivity contribution in [3.8, 4) is 5.88 Å². The van der Waals surface area contributed by atoms with Crippen LogP contribution in [0.2, 0.25) is 0 Å². The summed E-state index contributed by atoms with van der Waals surface area (Å²) in [6.45, 7) is 1.00. The summed E-state index contributed by atoms with van der Waals surface area (Å²) in [5.41, 5.74) is 5.84. The zero-order valence-electron chi connectivity index (χ0n) is 17.6. The third-order valence-electron chi connectivity index (χ3n) is 6.52. The number of nitrogens with two attached hydrogens (primary N) is 1. The average molecular weight is 445 g/mol. The van der Waals surface area contributed by atoms with Crippen LogP contribution >= 0.6 is 0 Å². The molecule has 9 nitrogen and oxygen atoms in total. The fourth-order valence-electron chi connectivity index (χ4n) is 4.90. The lowest BCUT2D eigenvalue weighted by Crippen LogP contribution is -2.31. The van der Waals surface area contributed by atoms with Gasteiger partial charge in [0, 0.05) is 18.3 Å². The van der Waals surface area contributed by atoms with Crippen LogP contribution in [0, 0.1) is 0 Å². The van der Waals surface area contributed by atoms with Crippen molar-refractivity contribution in [1.29, 1.82) is 0 Å². The number of hydrogen-bond donors (Lipinski definition) is 3. The summed E-state index contributed by atoms with van der Waals surface area (Å²) in [5, 5.41) is 16.4. The third-order valence-corrected chi connectivity index (χ3v) is 7.86. The molecular weight excluding hydrogens is 416 g/mol. The molecule has 4 N–H and O–H groups in total. The van der Waals surface area contributed by atoms with Gasteiger partial charge in [-0.1, -0.05) is 6.07 Å². The number of nitrogens with zero attached hydrogens (tertiary/aromatic N) is 3. The highest BCUT2D eigenvalue weighted by molar-refractivity contribution is 7.91. The van der Waals surface area contributed by atoms with E-state index in [0.29, 0.717) is 19.0 Å². The van der Waals surface area contributed by atoms with Crippen molar-refractivity contribution in [2.24, 2.45) is 9.50 Å². The fraction of sp³-hybridized carbons (Fsp3) is 0.524. The van der Waals surface area contributed by atoms with Gasteiger partial charge in [0.25, 0.3) is 0 Å². The van der Waals surface area contributed by atoms with Crippen LogP contribution in [0.1, 0.15) is 41.5 Å². The summed E-state index contributed by atoms with van der Waals surface area (Å²) in [5.74, 6) is 0.322. The molecule has 2 aromatic rings. The molecule has 2 aliphatic carbocycles. The highest BCUT2D eigenvalue weighted by atomic mass is 32.2. The zero-order valence-corrected chi connectivity index (χ0v) is 18.5. The molecule has 0 bridgehead atoms. The molecule has 1 aliphatic heterocycles. The molecule has 166 valence electrons. The van der Waals surface area contributed by atoms with E-state index in [1.807, 2.05) is 7.05 Å². The van der Waals surface area contributed by atoms with Gasteiger partial charge in [0.05, 0.1) is 6.20 Å². The molecule has 1 aromatic carbocycles. The molecule has 3 aliphatic rings. The largest absolute Gasteiger partial charge is 0.475 e. The topological polar surface area (TPSA) is 124 Å². The number of likely N-dealkylation sites (N-methyl/N-ethyl adjacent to an activating group) is 1. The monoisotopic (exact) mass is 444 g/mol. The van der Waals surface area contributed by atoms with Crippen LogP contribution in [0.4, 0.5) is 10.5 Å². The van der Waals surface area contributed by atoms with Crippen LogP contribution in [0.25, 0.3) is 0 Å². The van der Waals surface area contributed by atoms with Gasteiger partial charge in [-0.2, -0.15) is 5.10 Å². The van der Waals surface area contributed by atoms with Crippen molar-refractivity contribution in [3.63, 3.8) is 0 Å². The van der Waals surface area contributed by atoms with Gasteiger partial charge in [0.15, 0.2) is 9.92 Å². The second-order valence-corrected chi connectivity index (χ2v) is 10.2. The van der Waals surface area contributed by atoms with Crippen LogP contribution < -0.4 is 20.5 Å². The van der Waals surface area contributed by atoms with E-state index in [-0.39, 0.29) is 10.9 Å². The first kappa shape index (κ1) is 20.5. The van der Waals surface area contributed by atoms with Crippen LogP contribution in [0.5, 0.6) is 5.88 Å². The molecule has 2 unspecified atom stereocenters. The van der Waals surface area contributed by atoms with Crippen molar-refractivity contribution >= 4 is 21.6 Å². The van der Waals surface area contributed by atoms with E-state index in [4.69, 9.17) is 9.88 Å². The summed E-state index contributed by atoms with van der Waals surface area (Å²) in [6, 6.07) is 1.76. The molecule has 1 aromatic heterocycles. The van der Waals surface area contributed by atoms with Crippen LogP contribution in [-0.2, 0) is 42.1 Å². The predicted molar refractivity (Wildman–Crippen MR) is 118 cm³/mol. The number of aryl methyl sites for hydroxylation is 3. The Labute approximate surface area is 182 Å². The van der Waals surface area contributed by atoms with Gasteiger partial charge in [-0.25, -0.2) is 18.8 Å². The smallest absolute Gasteiger partial charge is 0.354 e. The first-order valence-electron chi connectivity index (χ1n) is 10.8. The minimum absolute atomic E-state index is 0.155. The fourth-order valence-corrected chi connectivity index (χ4v) is 5.90. The molecule has 10 heteroatoms. The zero-order chi connectivity index (χ0) is 21.6. The SMILES string of the molecule is CNC1CCn2ncc(S(N)(=O)=NC(=O)Nc3c4c(cc5c3CCC5)CCC4)c2OC1. The summed E-state index contributed by atoms with van der Waals surface area (Å²) < 4.78 is 24.6. The number of benzene rings is 1.